The topological polar surface area (TPSA) is 0 Å². The molecule has 0 N–H and O–H groups in total. The quantitative estimate of drug-likeness (QED) is 0.151. The molecule has 3 aromatic rings. The van der Waals surface area contributed by atoms with Gasteiger partial charge in [-0.2, -0.15) is 12.6 Å². The van der Waals surface area contributed by atoms with Gasteiger partial charge in [0.25, 0.3) is 0 Å². The first-order chi connectivity index (χ1) is 13.2. The highest BCUT2D eigenvalue weighted by Gasteiger charge is 2.35. The molecule has 0 bridgehead atoms. The first kappa shape index (κ1) is 20.2. The number of hydrogen-bond acceptors (Lipinski definition) is 1. The van der Waals surface area contributed by atoms with Crippen LogP contribution in [0.4, 0.5) is 0 Å². The average Bonchev–Trinajstić information content (AvgIpc) is 2.73. The molecule has 0 aliphatic rings. The second kappa shape index (κ2) is 10.1. The van der Waals surface area contributed by atoms with E-state index in [0.717, 1.165) is 12.8 Å². The van der Waals surface area contributed by atoms with Crippen LogP contribution in [0, 0.1) is 0 Å². The van der Waals surface area contributed by atoms with Gasteiger partial charge in [0.2, 0.25) is 0 Å². The largest absolute Gasteiger partial charge is 0.164 e. The molecule has 0 nitrogen and oxygen atoms in total. The normalized spacial score (nSPS) is 12.7. The summed E-state index contributed by atoms with van der Waals surface area (Å²) in [5, 5.41) is 0. The number of thiol groups is 1. The lowest BCUT2D eigenvalue weighted by molar-refractivity contribution is 0.507. The van der Waals surface area contributed by atoms with Crippen LogP contribution < -0.4 is 0 Å². The Morgan fingerprint density at radius 3 is 1.41 bits per heavy atom. The van der Waals surface area contributed by atoms with Crippen LogP contribution in [0.2, 0.25) is 0 Å². The van der Waals surface area contributed by atoms with Crippen LogP contribution in [0.15, 0.2) is 91.0 Å². The van der Waals surface area contributed by atoms with E-state index in [4.69, 9.17) is 0 Å². The van der Waals surface area contributed by atoms with Crippen molar-refractivity contribution in [3.8, 4) is 0 Å². The molecule has 0 aliphatic heterocycles. The van der Waals surface area contributed by atoms with Gasteiger partial charge in [-0.15, -0.1) is 0 Å². The molecular formula is C25H27BrS. The molecule has 27 heavy (non-hydrogen) atoms. The summed E-state index contributed by atoms with van der Waals surface area (Å²) < 4.78 is 0.305. The van der Waals surface area contributed by atoms with Gasteiger partial charge in [0.05, 0.1) is 4.16 Å². The molecule has 3 rings (SSSR count). The molecular weight excluding hydrogens is 412 g/mol. The van der Waals surface area contributed by atoms with Crippen LogP contribution >= 0.6 is 28.6 Å². The third-order valence-corrected chi connectivity index (χ3v) is 6.01. The molecule has 0 aromatic heterocycles. The molecule has 1 unspecified atom stereocenters. The van der Waals surface area contributed by atoms with Crippen LogP contribution in [0.25, 0.3) is 0 Å². The number of halogens is 1. The minimum atomic E-state index is -0.113. The van der Waals surface area contributed by atoms with Gasteiger partial charge in [0.15, 0.2) is 0 Å². The molecule has 0 heterocycles. The molecule has 0 radical (unpaired) electrons. The van der Waals surface area contributed by atoms with Crippen molar-refractivity contribution in [2.24, 2.45) is 0 Å². The zero-order valence-electron chi connectivity index (χ0n) is 15.6. The van der Waals surface area contributed by atoms with Gasteiger partial charge >= 0.3 is 0 Å². The molecule has 3 aromatic carbocycles. The Hall–Kier alpha value is -1.51. The second-order valence-corrected chi connectivity index (χ2v) is 9.47. The summed E-state index contributed by atoms with van der Waals surface area (Å²) in [6.07, 6.45) is 5.82. The van der Waals surface area contributed by atoms with Crippen molar-refractivity contribution < 1.29 is 0 Å². The van der Waals surface area contributed by atoms with E-state index in [1.54, 1.807) is 0 Å². The Balaban J connectivity index is 2.01. The van der Waals surface area contributed by atoms with Crippen molar-refractivity contribution in [3.05, 3.63) is 108 Å². The predicted molar refractivity (Wildman–Crippen MR) is 124 cm³/mol. The Morgan fingerprint density at radius 1 is 0.630 bits per heavy atom. The fourth-order valence-electron chi connectivity index (χ4n) is 3.98. The smallest absolute Gasteiger partial charge is 0.0570 e. The molecule has 0 saturated heterocycles. The van der Waals surface area contributed by atoms with E-state index in [2.05, 4.69) is 120 Å². The standard InChI is InChI=1S/C25H27BrS/c26-24(27)19-11-4-12-20-25(21-13-5-1-6-14-21,22-15-7-2-8-16-22)23-17-9-3-10-18-23/h1-3,5-10,13-18,24,27H,4,11-12,19-20H2. The summed E-state index contributed by atoms with van der Waals surface area (Å²) in [4.78, 5) is 0. The second-order valence-electron chi connectivity index (χ2n) is 7.04. The van der Waals surface area contributed by atoms with Crippen LogP contribution in [0.3, 0.4) is 0 Å². The Labute approximate surface area is 177 Å². The number of alkyl halides is 1. The third kappa shape index (κ3) is 5.06. The van der Waals surface area contributed by atoms with Crippen molar-refractivity contribution in [2.75, 3.05) is 0 Å². The van der Waals surface area contributed by atoms with Crippen molar-refractivity contribution in [3.63, 3.8) is 0 Å². The molecule has 0 spiro atoms. The summed E-state index contributed by atoms with van der Waals surface area (Å²) in [6.45, 7) is 0. The van der Waals surface area contributed by atoms with Crippen LogP contribution in [-0.4, -0.2) is 4.16 Å². The summed E-state index contributed by atoms with van der Waals surface area (Å²) in [5.41, 5.74) is 4.00. The number of unbranched alkanes of at least 4 members (excludes halogenated alkanes) is 2. The molecule has 1 atom stereocenters. The van der Waals surface area contributed by atoms with E-state index in [0.29, 0.717) is 4.16 Å². The van der Waals surface area contributed by atoms with Gasteiger partial charge in [-0.25, -0.2) is 0 Å². The molecule has 0 fully saturated rings. The molecule has 0 aliphatic carbocycles. The fraction of sp³-hybridized carbons (Fsp3) is 0.280. The van der Waals surface area contributed by atoms with E-state index in [9.17, 15) is 0 Å². The van der Waals surface area contributed by atoms with Gasteiger partial charge in [0.1, 0.15) is 0 Å². The molecule has 140 valence electrons. The molecule has 0 amide bonds. The summed E-state index contributed by atoms with van der Waals surface area (Å²) in [6, 6.07) is 32.9. The van der Waals surface area contributed by atoms with Crippen molar-refractivity contribution in [1.29, 1.82) is 0 Å². The highest BCUT2D eigenvalue weighted by atomic mass is 79.9. The van der Waals surface area contributed by atoms with Gasteiger partial charge < -0.3 is 0 Å². The number of rotatable bonds is 9. The maximum atomic E-state index is 4.45. The lowest BCUT2D eigenvalue weighted by Gasteiger charge is -2.36. The number of hydrogen-bond donors (Lipinski definition) is 1. The Kier molecular flexibility index (Phi) is 7.60. The van der Waals surface area contributed by atoms with E-state index in [1.165, 1.54) is 36.0 Å². The van der Waals surface area contributed by atoms with Crippen molar-refractivity contribution >= 4 is 28.6 Å². The number of benzene rings is 3. The highest BCUT2D eigenvalue weighted by Crippen LogP contribution is 2.43. The first-order valence-electron chi connectivity index (χ1n) is 9.72. The minimum absolute atomic E-state index is 0.113. The highest BCUT2D eigenvalue weighted by molar-refractivity contribution is 9.11. The van der Waals surface area contributed by atoms with Gasteiger partial charge in [-0.3, -0.25) is 0 Å². The maximum Gasteiger partial charge on any atom is 0.0570 e. The fourth-order valence-corrected chi connectivity index (χ4v) is 4.49. The molecule has 2 heteroatoms. The van der Waals surface area contributed by atoms with E-state index < -0.39 is 0 Å². The van der Waals surface area contributed by atoms with Crippen LogP contribution in [0.1, 0.15) is 48.8 Å². The lowest BCUT2D eigenvalue weighted by atomic mass is 9.66. The average molecular weight is 439 g/mol. The van der Waals surface area contributed by atoms with Crippen molar-refractivity contribution in [1.82, 2.24) is 0 Å². The summed E-state index contributed by atoms with van der Waals surface area (Å²) in [7, 11) is 0. The van der Waals surface area contributed by atoms with E-state index in [1.807, 2.05) is 0 Å². The summed E-state index contributed by atoms with van der Waals surface area (Å²) in [5.74, 6) is 0. The zero-order valence-corrected chi connectivity index (χ0v) is 18.1. The van der Waals surface area contributed by atoms with Crippen LogP contribution in [-0.2, 0) is 5.41 Å². The monoisotopic (exact) mass is 438 g/mol. The summed E-state index contributed by atoms with van der Waals surface area (Å²) >= 11 is 7.99. The third-order valence-electron chi connectivity index (χ3n) is 5.29. The zero-order chi connectivity index (χ0) is 19.0. The minimum Gasteiger partial charge on any atom is -0.164 e. The van der Waals surface area contributed by atoms with E-state index >= 15 is 0 Å². The molecule has 0 saturated carbocycles. The SMILES string of the molecule is SC(Br)CCCCCC(c1ccccc1)(c1ccccc1)c1ccccc1. The van der Waals surface area contributed by atoms with Gasteiger partial charge in [-0.1, -0.05) is 126 Å². The van der Waals surface area contributed by atoms with Crippen LogP contribution in [0.5, 0.6) is 0 Å². The predicted octanol–water partition coefficient (Wildman–Crippen LogP) is 7.62. The Morgan fingerprint density at radius 2 is 1.04 bits per heavy atom. The lowest BCUT2D eigenvalue weighted by Crippen LogP contribution is -2.29. The Bertz CT molecular complexity index is 688. The van der Waals surface area contributed by atoms with Crippen molar-refractivity contribution in [2.45, 2.75) is 41.7 Å². The van der Waals surface area contributed by atoms with Gasteiger partial charge in [0, 0.05) is 5.41 Å². The van der Waals surface area contributed by atoms with Gasteiger partial charge in [-0.05, 0) is 29.5 Å². The first-order valence-corrected chi connectivity index (χ1v) is 11.2. The van der Waals surface area contributed by atoms with E-state index in [-0.39, 0.29) is 5.41 Å². The maximum absolute atomic E-state index is 4.45.